The van der Waals surface area contributed by atoms with Gasteiger partial charge in [0.15, 0.2) is 11.6 Å². The van der Waals surface area contributed by atoms with E-state index in [0.717, 1.165) is 17.3 Å². The number of carbonyl (C=O) groups excluding carboxylic acids is 2. The largest absolute Gasteiger partial charge is 0.448 e. The highest BCUT2D eigenvalue weighted by molar-refractivity contribution is 5.83. The highest BCUT2D eigenvalue weighted by Crippen LogP contribution is 2.17. The Morgan fingerprint density at radius 2 is 1.90 bits per heavy atom. The van der Waals surface area contributed by atoms with Gasteiger partial charge < -0.3 is 19.9 Å². The van der Waals surface area contributed by atoms with Gasteiger partial charge in [0.1, 0.15) is 19.0 Å². The first-order valence-corrected chi connectivity index (χ1v) is 9.57. The van der Waals surface area contributed by atoms with E-state index in [4.69, 9.17) is 4.74 Å². The maximum Gasteiger partial charge on any atom is 0.410 e. The van der Waals surface area contributed by atoms with Gasteiger partial charge in [0.25, 0.3) is 0 Å². The van der Waals surface area contributed by atoms with Crippen LogP contribution in [0.5, 0.6) is 0 Å². The number of piperazine rings is 1. The lowest BCUT2D eigenvalue weighted by Crippen LogP contribution is -2.51. The molecule has 0 radical (unpaired) electrons. The van der Waals surface area contributed by atoms with Crippen molar-refractivity contribution in [3.63, 3.8) is 0 Å². The molecular formula is C19H23N7O3. The molecule has 0 saturated carbocycles. The van der Waals surface area contributed by atoms with E-state index < -0.39 is 6.09 Å². The zero-order valence-corrected chi connectivity index (χ0v) is 16.2. The van der Waals surface area contributed by atoms with Crippen LogP contribution in [-0.4, -0.2) is 82.9 Å². The van der Waals surface area contributed by atoms with Gasteiger partial charge in [-0.15, -0.1) is 10.2 Å². The Morgan fingerprint density at radius 3 is 2.55 bits per heavy atom. The van der Waals surface area contributed by atoms with Crippen LogP contribution in [0.15, 0.2) is 30.3 Å². The number of pyridine rings is 1. The van der Waals surface area contributed by atoms with Crippen molar-refractivity contribution in [2.24, 2.45) is 0 Å². The predicted octanol–water partition coefficient (Wildman–Crippen LogP) is 1.02. The van der Waals surface area contributed by atoms with Crippen LogP contribution in [-0.2, 0) is 9.53 Å². The third kappa shape index (κ3) is 4.53. The molecule has 29 heavy (non-hydrogen) atoms. The lowest BCUT2D eigenvalue weighted by atomic mass is 10.3. The molecule has 152 valence electrons. The highest BCUT2D eigenvalue weighted by Gasteiger charge is 2.28. The van der Waals surface area contributed by atoms with Crippen LogP contribution >= 0.6 is 0 Å². The fourth-order valence-corrected chi connectivity index (χ4v) is 3.32. The summed E-state index contributed by atoms with van der Waals surface area (Å²) in [5.41, 5.74) is 0.925. The van der Waals surface area contributed by atoms with Gasteiger partial charge in [-0.3, -0.25) is 9.69 Å². The second-order valence-corrected chi connectivity index (χ2v) is 6.97. The van der Waals surface area contributed by atoms with E-state index >= 15 is 0 Å². The summed E-state index contributed by atoms with van der Waals surface area (Å²) in [5.74, 6) is 2.06. The van der Waals surface area contributed by atoms with Crippen LogP contribution in [0, 0.1) is 6.92 Å². The summed E-state index contributed by atoms with van der Waals surface area (Å²) >= 11 is 0. The quantitative estimate of drug-likeness (QED) is 0.798. The minimum atomic E-state index is -0.415. The van der Waals surface area contributed by atoms with Crippen molar-refractivity contribution in [3.05, 3.63) is 36.0 Å². The van der Waals surface area contributed by atoms with Crippen molar-refractivity contribution in [1.82, 2.24) is 25.0 Å². The minimum Gasteiger partial charge on any atom is -0.448 e. The van der Waals surface area contributed by atoms with E-state index in [-0.39, 0.29) is 12.5 Å². The third-order valence-corrected chi connectivity index (χ3v) is 4.92. The first-order valence-electron chi connectivity index (χ1n) is 9.57. The molecule has 10 heteroatoms. The van der Waals surface area contributed by atoms with Gasteiger partial charge in [-0.1, -0.05) is 6.07 Å². The fourth-order valence-electron chi connectivity index (χ4n) is 3.32. The maximum atomic E-state index is 12.4. The van der Waals surface area contributed by atoms with Crippen molar-refractivity contribution < 1.29 is 14.3 Å². The Balaban J connectivity index is 1.29. The lowest BCUT2D eigenvalue weighted by molar-refractivity contribution is -0.132. The molecule has 0 aliphatic carbocycles. The van der Waals surface area contributed by atoms with Crippen molar-refractivity contribution in [2.75, 3.05) is 56.1 Å². The Labute approximate surface area is 168 Å². The molecule has 2 aromatic rings. The Bertz CT molecular complexity index is 882. The predicted molar refractivity (Wildman–Crippen MR) is 106 cm³/mol. The molecule has 2 aromatic heterocycles. The first-order chi connectivity index (χ1) is 14.1. The number of aryl methyl sites for hydroxylation is 1. The Hall–Kier alpha value is -3.43. The summed E-state index contributed by atoms with van der Waals surface area (Å²) in [6, 6.07) is 9.51. The molecule has 2 aliphatic rings. The van der Waals surface area contributed by atoms with Crippen LogP contribution in [0.1, 0.15) is 5.69 Å². The maximum absolute atomic E-state index is 12.4. The van der Waals surface area contributed by atoms with E-state index in [9.17, 15) is 9.59 Å². The molecule has 10 nitrogen and oxygen atoms in total. The molecule has 0 unspecified atom stereocenters. The van der Waals surface area contributed by atoms with Gasteiger partial charge in [-0.25, -0.2) is 9.78 Å². The molecule has 0 atom stereocenters. The van der Waals surface area contributed by atoms with Gasteiger partial charge in [0.05, 0.1) is 6.54 Å². The molecule has 0 spiro atoms. The molecule has 0 aromatic carbocycles. The van der Waals surface area contributed by atoms with Crippen LogP contribution in [0.3, 0.4) is 0 Å². The highest BCUT2D eigenvalue weighted by atomic mass is 16.6. The SMILES string of the molecule is Cc1cccc(Nc2ccc(N3CCN(C(=O)CN4CCOC4=O)CC3)nn2)n1. The van der Waals surface area contributed by atoms with E-state index in [0.29, 0.717) is 45.1 Å². The van der Waals surface area contributed by atoms with Crippen molar-refractivity contribution in [3.8, 4) is 0 Å². The Morgan fingerprint density at radius 1 is 1.07 bits per heavy atom. The number of amides is 2. The van der Waals surface area contributed by atoms with E-state index in [2.05, 4.69) is 25.4 Å². The normalized spacial score (nSPS) is 16.7. The molecule has 0 bridgehead atoms. The zero-order chi connectivity index (χ0) is 20.2. The first kappa shape index (κ1) is 18.9. The van der Waals surface area contributed by atoms with E-state index in [1.165, 1.54) is 4.90 Å². The molecule has 2 aliphatic heterocycles. The molecular weight excluding hydrogens is 374 g/mol. The summed E-state index contributed by atoms with van der Waals surface area (Å²) in [4.78, 5) is 33.6. The number of ether oxygens (including phenoxy) is 1. The van der Waals surface area contributed by atoms with Crippen LogP contribution in [0.25, 0.3) is 0 Å². The number of nitrogens with one attached hydrogen (secondary N) is 1. The summed E-state index contributed by atoms with van der Waals surface area (Å²) in [6.45, 7) is 5.32. The second kappa shape index (κ2) is 8.29. The van der Waals surface area contributed by atoms with Crippen molar-refractivity contribution in [1.29, 1.82) is 0 Å². The zero-order valence-electron chi connectivity index (χ0n) is 16.2. The van der Waals surface area contributed by atoms with Gasteiger partial charge in [-0.05, 0) is 31.2 Å². The fraction of sp³-hybridized carbons (Fsp3) is 0.421. The summed E-state index contributed by atoms with van der Waals surface area (Å²) < 4.78 is 4.87. The second-order valence-electron chi connectivity index (χ2n) is 6.97. The number of hydrogen-bond acceptors (Lipinski definition) is 8. The smallest absolute Gasteiger partial charge is 0.410 e. The summed E-state index contributed by atoms with van der Waals surface area (Å²) in [5, 5.41) is 11.7. The lowest BCUT2D eigenvalue weighted by Gasteiger charge is -2.35. The van der Waals surface area contributed by atoms with Crippen LogP contribution < -0.4 is 10.2 Å². The molecule has 2 fully saturated rings. The number of cyclic esters (lactones) is 1. The summed E-state index contributed by atoms with van der Waals surface area (Å²) in [7, 11) is 0. The Kier molecular flexibility index (Phi) is 5.41. The van der Waals surface area contributed by atoms with Gasteiger partial charge in [-0.2, -0.15) is 0 Å². The molecule has 4 rings (SSSR count). The number of hydrogen-bond donors (Lipinski definition) is 1. The standard InChI is InChI=1S/C19H23N7O3/c1-14-3-2-4-15(20-14)21-16-5-6-17(23-22-16)24-7-9-25(10-8-24)18(27)13-26-11-12-29-19(26)28/h2-6H,7-13H2,1H3,(H,20,21,22). The third-order valence-electron chi connectivity index (χ3n) is 4.92. The monoisotopic (exact) mass is 397 g/mol. The summed E-state index contributed by atoms with van der Waals surface area (Å²) in [6.07, 6.45) is -0.415. The van der Waals surface area contributed by atoms with Gasteiger partial charge in [0.2, 0.25) is 5.91 Å². The number of carbonyl (C=O) groups is 2. The topological polar surface area (TPSA) is 104 Å². The van der Waals surface area contributed by atoms with E-state index in [1.807, 2.05) is 37.3 Å². The van der Waals surface area contributed by atoms with Crippen LogP contribution in [0.4, 0.5) is 22.2 Å². The average Bonchev–Trinajstić information content (AvgIpc) is 3.13. The average molecular weight is 397 g/mol. The molecule has 2 amide bonds. The van der Waals surface area contributed by atoms with Crippen molar-refractivity contribution in [2.45, 2.75) is 6.92 Å². The molecule has 1 N–H and O–H groups in total. The molecule has 2 saturated heterocycles. The molecule has 4 heterocycles. The number of rotatable bonds is 5. The van der Waals surface area contributed by atoms with Crippen molar-refractivity contribution >= 4 is 29.5 Å². The minimum absolute atomic E-state index is 0.0558. The van der Waals surface area contributed by atoms with Gasteiger partial charge >= 0.3 is 6.09 Å². The number of anilines is 3. The van der Waals surface area contributed by atoms with Gasteiger partial charge in [0, 0.05) is 31.9 Å². The van der Waals surface area contributed by atoms with E-state index in [1.54, 1.807) is 4.90 Å². The number of nitrogens with zero attached hydrogens (tertiary/aromatic N) is 6. The number of aromatic nitrogens is 3. The van der Waals surface area contributed by atoms with Crippen LogP contribution in [0.2, 0.25) is 0 Å².